The average molecular weight is 349 g/mol. The van der Waals surface area contributed by atoms with Crippen molar-refractivity contribution in [3.8, 4) is 5.75 Å². The highest BCUT2D eigenvalue weighted by Gasteiger charge is 2.54. The van der Waals surface area contributed by atoms with Crippen LogP contribution in [0.25, 0.3) is 0 Å². The summed E-state index contributed by atoms with van der Waals surface area (Å²) < 4.78 is 12.6. The van der Waals surface area contributed by atoms with E-state index in [1.54, 1.807) is 6.20 Å². The third kappa shape index (κ3) is 2.42. The summed E-state index contributed by atoms with van der Waals surface area (Å²) in [6.07, 6.45) is 6.16. The molecular formula is C21H23N3O2. The SMILES string of the molecule is CC1(C)C[C@@]2(CCO1)Oc1ccccc1[C@H]1CC(c3cccnc3)=NN12. The van der Waals surface area contributed by atoms with Gasteiger partial charge in [0.05, 0.1) is 24.0 Å². The van der Waals surface area contributed by atoms with Crippen molar-refractivity contribution >= 4 is 5.71 Å². The van der Waals surface area contributed by atoms with E-state index in [4.69, 9.17) is 14.6 Å². The Labute approximate surface area is 153 Å². The Hall–Kier alpha value is -2.40. The number of hydrogen-bond donors (Lipinski definition) is 0. The van der Waals surface area contributed by atoms with E-state index in [1.165, 1.54) is 5.56 Å². The predicted octanol–water partition coefficient (Wildman–Crippen LogP) is 3.91. The topological polar surface area (TPSA) is 47.0 Å². The minimum absolute atomic E-state index is 0.198. The van der Waals surface area contributed by atoms with E-state index in [1.807, 2.05) is 18.3 Å². The van der Waals surface area contributed by atoms with Crippen LogP contribution in [0.4, 0.5) is 0 Å². The van der Waals surface area contributed by atoms with Crippen molar-refractivity contribution in [3.05, 3.63) is 59.9 Å². The van der Waals surface area contributed by atoms with Crippen LogP contribution in [0.3, 0.4) is 0 Å². The monoisotopic (exact) mass is 349 g/mol. The fourth-order valence-corrected chi connectivity index (χ4v) is 4.51. The smallest absolute Gasteiger partial charge is 0.203 e. The van der Waals surface area contributed by atoms with Crippen molar-refractivity contribution in [3.63, 3.8) is 0 Å². The van der Waals surface area contributed by atoms with E-state index >= 15 is 0 Å². The van der Waals surface area contributed by atoms with E-state index in [9.17, 15) is 0 Å². The fraction of sp³-hybridized carbons (Fsp3) is 0.429. The van der Waals surface area contributed by atoms with Gasteiger partial charge in [-0.05, 0) is 26.0 Å². The quantitative estimate of drug-likeness (QED) is 0.783. The average Bonchev–Trinajstić information content (AvgIpc) is 3.09. The molecule has 3 aliphatic rings. The molecule has 0 amide bonds. The normalized spacial score (nSPS) is 28.9. The van der Waals surface area contributed by atoms with E-state index in [0.717, 1.165) is 36.3 Å². The van der Waals surface area contributed by atoms with Crippen LogP contribution in [0, 0.1) is 0 Å². The first kappa shape index (κ1) is 15.8. The minimum Gasteiger partial charge on any atom is -0.466 e. The highest BCUT2D eigenvalue weighted by Crippen LogP contribution is 2.51. The van der Waals surface area contributed by atoms with Crippen LogP contribution in [0.15, 0.2) is 53.9 Å². The lowest BCUT2D eigenvalue weighted by Gasteiger charge is -2.52. The van der Waals surface area contributed by atoms with Crippen LogP contribution < -0.4 is 4.74 Å². The molecule has 26 heavy (non-hydrogen) atoms. The molecule has 0 unspecified atom stereocenters. The zero-order valence-corrected chi connectivity index (χ0v) is 15.2. The number of para-hydroxylation sites is 1. The Morgan fingerprint density at radius 3 is 2.85 bits per heavy atom. The first-order valence-electron chi connectivity index (χ1n) is 9.26. The Morgan fingerprint density at radius 1 is 1.15 bits per heavy atom. The van der Waals surface area contributed by atoms with Crippen LogP contribution in [-0.4, -0.2) is 33.6 Å². The second kappa shape index (κ2) is 5.55. The summed E-state index contributed by atoms with van der Waals surface area (Å²) in [5.41, 5.74) is 2.69. The van der Waals surface area contributed by atoms with Crippen molar-refractivity contribution in [1.29, 1.82) is 0 Å². The summed E-state index contributed by atoms with van der Waals surface area (Å²) in [6.45, 7) is 4.94. The molecule has 1 aromatic carbocycles. The van der Waals surface area contributed by atoms with Crippen molar-refractivity contribution in [2.45, 2.75) is 50.5 Å². The van der Waals surface area contributed by atoms with Gasteiger partial charge in [-0.1, -0.05) is 24.3 Å². The number of fused-ring (bicyclic) bond motifs is 4. The standard InChI is InChI=1S/C21H23N3O2/c1-20(2)14-21(9-11-25-20)24-18(16-7-3-4-8-19(16)26-21)12-17(23-24)15-6-5-10-22-13-15/h3-8,10,13,18H,9,11-12,14H2,1-2H3/t18-,21-/m1/s1. The molecule has 0 saturated carbocycles. The molecular weight excluding hydrogens is 326 g/mol. The second-order valence-electron chi connectivity index (χ2n) is 7.97. The summed E-state index contributed by atoms with van der Waals surface area (Å²) >= 11 is 0. The van der Waals surface area contributed by atoms with Gasteiger partial charge in [0.2, 0.25) is 5.72 Å². The summed E-state index contributed by atoms with van der Waals surface area (Å²) in [6, 6.07) is 12.6. The first-order valence-corrected chi connectivity index (χ1v) is 9.26. The van der Waals surface area contributed by atoms with Crippen molar-refractivity contribution in [1.82, 2.24) is 9.99 Å². The summed E-state index contributed by atoms with van der Waals surface area (Å²) in [5.74, 6) is 0.981. The van der Waals surface area contributed by atoms with Gasteiger partial charge in [-0.2, -0.15) is 5.10 Å². The van der Waals surface area contributed by atoms with E-state index in [-0.39, 0.29) is 11.6 Å². The second-order valence-corrected chi connectivity index (χ2v) is 7.97. The molecule has 2 aromatic rings. The number of rotatable bonds is 1. The molecule has 0 bridgehead atoms. The number of hydrazone groups is 1. The molecule has 5 heteroatoms. The Morgan fingerprint density at radius 2 is 2.04 bits per heavy atom. The maximum Gasteiger partial charge on any atom is 0.203 e. The van der Waals surface area contributed by atoms with Gasteiger partial charge in [-0.3, -0.25) is 4.98 Å². The lowest BCUT2D eigenvalue weighted by atomic mass is 9.86. The predicted molar refractivity (Wildman–Crippen MR) is 99.0 cm³/mol. The van der Waals surface area contributed by atoms with Crippen molar-refractivity contribution < 1.29 is 9.47 Å². The summed E-state index contributed by atoms with van der Waals surface area (Å²) in [5, 5.41) is 7.26. The van der Waals surface area contributed by atoms with Gasteiger partial charge in [0, 0.05) is 42.8 Å². The molecule has 0 aliphatic carbocycles. The molecule has 2 atom stereocenters. The maximum absolute atomic E-state index is 6.62. The van der Waals surface area contributed by atoms with Crippen LogP contribution >= 0.6 is 0 Å². The van der Waals surface area contributed by atoms with Crippen LogP contribution in [0.1, 0.15) is 50.3 Å². The first-order chi connectivity index (χ1) is 12.6. The highest BCUT2D eigenvalue weighted by molar-refractivity contribution is 6.01. The molecule has 1 aromatic heterocycles. The zero-order valence-electron chi connectivity index (χ0n) is 15.2. The van der Waals surface area contributed by atoms with Crippen molar-refractivity contribution in [2.24, 2.45) is 5.10 Å². The van der Waals surface area contributed by atoms with Gasteiger partial charge >= 0.3 is 0 Å². The van der Waals surface area contributed by atoms with Crippen LogP contribution in [-0.2, 0) is 4.74 Å². The number of pyridine rings is 1. The number of hydrogen-bond acceptors (Lipinski definition) is 5. The molecule has 1 fully saturated rings. The third-order valence-electron chi connectivity index (χ3n) is 5.59. The lowest BCUT2D eigenvalue weighted by molar-refractivity contribution is -0.212. The van der Waals surface area contributed by atoms with Gasteiger partial charge in [-0.25, -0.2) is 5.01 Å². The Balaban J connectivity index is 1.62. The Bertz CT molecular complexity index is 865. The molecule has 5 nitrogen and oxygen atoms in total. The van der Waals surface area contributed by atoms with E-state index in [2.05, 4.69) is 48.1 Å². The molecule has 1 saturated heterocycles. The number of ether oxygens (including phenoxy) is 2. The molecule has 4 heterocycles. The molecule has 0 radical (unpaired) electrons. The van der Waals surface area contributed by atoms with Gasteiger partial charge in [0.25, 0.3) is 0 Å². The van der Waals surface area contributed by atoms with E-state index < -0.39 is 5.72 Å². The molecule has 3 aliphatic heterocycles. The Kier molecular flexibility index (Phi) is 3.38. The molecule has 5 rings (SSSR count). The number of aromatic nitrogens is 1. The van der Waals surface area contributed by atoms with Crippen molar-refractivity contribution in [2.75, 3.05) is 6.61 Å². The number of nitrogens with zero attached hydrogens (tertiary/aromatic N) is 3. The van der Waals surface area contributed by atoms with Gasteiger partial charge in [0.15, 0.2) is 0 Å². The molecule has 0 N–H and O–H groups in total. The number of benzene rings is 1. The van der Waals surface area contributed by atoms with Crippen LogP contribution in [0.5, 0.6) is 5.75 Å². The molecule has 134 valence electrons. The van der Waals surface area contributed by atoms with Crippen LogP contribution in [0.2, 0.25) is 0 Å². The van der Waals surface area contributed by atoms with Gasteiger partial charge in [0.1, 0.15) is 5.75 Å². The summed E-state index contributed by atoms with van der Waals surface area (Å²) in [7, 11) is 0. The van der Waals surface area contributed by atoms with E-state index in [0.29, 0.717) is 6.61 Å². The van der Waals surface area contributed by atoms with Gasteiger partial charge in [-0.15, -0.1) is 0 Å². The zero-order chi connectivity index (χ0) is 17.8. The third-order valence-corrected chi connectivity index (χ3v) is 5.59. The fourth-order valence-electron chi connectivity index (χ4n) is 4.51. The maximum atomic E-state index is 6.62. The minimum atomic E-state index is -0.454. The van der Waals surface area contributed by atoms with Gasteiger partial charge < -0.3 is 9.47 Å². The molecule has 1 spiro atoms. The lowest BCUT2D eigenvalue weighted by Crippen LogP contribution is -2.60. The summed E-state index contributed by atoms with van der Waals surface area (Å²) in [4.78, 5) is 4.27. The highest BCUT2D eigenvalue weighted by atomic mass is 16.5. The largest absolute Gasteiger partial charge is 0.466 e.